The summed E-state index contributed by atoms with van der Waals surface area (Å²) in [4.78, 5) is 28.7. The zero-order valence-corrected chi connectivity index (χ0v) is 21.3. The number of aromatic nitrogens is 2. The number of methoxy groups -OCH3 is 1. The van der Waals surface area contributed by atoms with E-state index in [1.54, 1.807) is 19.2 Å². The third kappa shape index (κ3) is 5.76. The molecule has 5 rings (SSSR count). The topological polar surface area (TPSA) is 101 Å². The van der Waals surface area contributed by atoms with Crippen molar-refractivity contribution in [1.29, 1.82) is 0 Å². The van der Waals surface area contributed by atoms with Crippen LogP contribution in [0.4, 0.5) is 37.5 Å². The van der Waals surface area contributed by atoms with Gasteiger partial charge in [-0.15, -0.1) is 0 Å². The Morgan fingerprint density at radius 1 is 1.13 bits per heavy atom. The van der Waals surface area contributed by atoms with Gasteiger partial charge in [0.05, 0.1) is 50.0 Å². The Balaban J connectivity index is 1.45. The highest BCUT2D eigenvalue weighted by atomic mass is 19.1. The van der Waals surface area contributed by atoms with Crippen LogP contribution in [0.2, 0.25) is 0 Å². The fourth-order valence-electron chi connectivity index (χ4n) is 4.61. The maximum atomic E-state index is 14.5. The van der Waals surface area contributed by atoms with E-state index in [9.17, 15) is 13.6 Å². The lowest BCUT2D eigenvalue weighted by Gasteiger charge is -2.31. The molecule has 1 atom stereocenters. The van der Waals surface area contributed by atoms with Gasteiger partial charge in [0.1, 0.15) is 29.5 Å². The molecule has 1 aromatic heterocycles. The highest BCUT2D eigenvalue weighted by Gasteiger charge is 2.31. The lowest BCUT2D eigenvalue weighted by molar-refractivity contribution is -0.111. The van der Waals surface area contributed by atoms with E-state index in [1.165, 1.54) is 29.6 Å². The van der Waals surface area contributed by atoms with Gasteiger partial charge >= 0.3 is 0 Å². The molecule has 0 saturated carbocycles. The predicted octanol–water partition coefficient (Wildman–Crippen LogP) is 4.35. The summed E-state index contributed by atoms with van der Waals surface area (Å²) in [5.74, 6) is -0.322. The molecule has 0 unspecified atom stereocenters. The molecule has 2 saturated heterocycles. The fraction of sp³-hybridized carbons (Fsp3) is 0.296. The Morgan fingerprint density at radius 3 is 2.69 bits per heavy atom. The number of benzene rings is 2. The molecule has 1 amide bonds. The highest BCUT2D eigenvalue weighted by molar-refractivity contribution is 6.02. The smallest absolute Gasteiger partial charge is 0.247 e. The second-order valence-corrected chi connectivity index (χ2v) is 8.88. The number of carbonyl (C=O) groups is 1. The Labute approximate surface area is 224 Å². The van der Waals surface area contributed by atoms with Crippen molar-refractivity contribution in [1.82, 2.24) is 9.97 Å². The van der Waals surface area contributed by atoms with Crippen molar-refractivity contribution in [2.24, 2.45) is 0 Å². The van der Waals surface area contributed by atoms with Gasteiger partial charge in [0.2, 0.25) is 5.91 Å². The quantitative estimate of drug-likeness (QED) is 0.406. The Hall–Kier alpha value is -4.29. The zero-order chi connectivity index (χ0) is 27.4. The molecule has 0 spiro atoms. The normalized spacial score (nSPS) is 17.2. The number of amides is 1. The molecule has 2 fully saturated rings. The third-order valence-corrected chi connectivity index (χ3v) is 6.48. The van der Waals surface area contributed by atoms with Crippen molar-refractivity contribution in [3.05, 3.63) is 72.6 Å². The molecule has 3 heterocycles. The maximum Gasteiger partial charge on any atom is 0.247 e. The van der Waals surface area contributed by atoms with Crippen LogP contribution in [0, 0.1) is 11.6 Å². The number of halogens is 2. The number of nitrogens with one attached hydrogen (secondary N) is 2. The monoisotopic (exact) mass is 538 g/mol. The Morgan fingerprint density at radius 2 is 1.95 bits per heavy atom. The van der Waals surface area contributed by atoms with Gasteiger partial charge in [-0.05, 0) is 18.2 Å². The van der Waals surface area contributed by atoms with Crippen LogP contribution in [0.3, 0.4) is 0 Å². The SMILES string of the molecule is C=CC(=O)Nc1cc(Nc2cc(N3OCC[C@@H]3c3ccc(F)cc3F)ncn2)c(OC)cc1N1CCOCC1. The molecule has 204 valence electrons. The van der Waals surface area contributed by atoms with E-state index in [2.05, 4.69) is 32.1 Å². The molecular formula is C27H28F2N6O4. The van der Waals surface area contributed by atoms with Crippen molar-refractivity contribution in [2.45, 2.75) is 12.5 Å². The molecule has 0 radical (unpaired) electrons. The molecule has 2 aromatic carbocycles. The van der Waals surface area contributed by atoms with Crippen LogP contribution < -0.4 is 25.3 Å². The van der Waals surface area contributed by atoms with Gasteiger partial charge in [0.15, 0.2) is 5.82 Å². The summed E-state index contributed by atoms with van der Waals surface area (Å²) in [6.07, 6.45) is 3.05. The minimum absolute atomic E-state index is 0.310. The summed E-state index contributed by atoms with van der Waals surface area (Å²) in [6, 6.07) is 8.25. The van der Waals surface area contributed by atoms with Gasteiger partial charge in [-0.3, -0.25) is 9.63 Å². The van der Waals surface area contributed by atoms with E-state index in [0.717, 1.165) is 11.8 Å². The number of carbonyl (C=O) groups excluding carboxylic acids is 1. The largest absolute Gasteiger partial charge is 0.494 e. The number of ether oxygens (including phenoxy) is 2. The third-order valence-electron chi connectivity index (χ3n) is 6.48. The van der Waals surface area contributed by atoms with E-state index in [4.69, 9.17) is 14.3 Å². The van der Waals surface area contributed by atoms with Gasteiger partial charge < -0.3 is 25.0 Å². The first-order valence-electron chi connectivity index (χ1n) is 12.4. The van der Waals surface area contributed by atoms with E-state index in [1.807, 2.05) is 6.07 Å². The van der Waals surface area contributed by atoms with Crippen LogP contribution in [0.1, 0.15) is 18.0 Å². The van der Waals surface area contributed by atoms with Crippen molar-refractivity contribution in [2.75, 3.05) is 60.6 Å². The molecule has 2 aliphatic rings. The van der Waals surface area contributed by atoms with Crippen LogP contribution in [0.5, 0.6) is 5.75 Å². The summed E-state index contributed by atoms with van der Waals surface area (Å²) < 4.78 is 39.1. The summed E-state index contributed by atoms with van der Waals surface area (Å²) in [5, 5.41) is 7.58. The molecule has 0 bridgehead atoms. The molecule has 3 aromatic rings. The second-order valence-electron chi connectivity index (χ2n) is 8.88. The van der Waals surface area contributed by atoms with Gasteiger partial charge in [-0.1, -0.05) is 12.6 Å². The first-order valence-corrected chi connectivity index (χ1v) is 12.4. The lowest BCUT2D eigenvalue weighted by atomic mass is 10.0. The summed E-state index contributed by atoms with van der Waals surface area (Å²) in [6.45, 7) is 6.36. The number of morpholine rings is 1. The van der Waals surface area contributed by atoms with E-state index >= 15 is 0 Å². The average molecular weight is 539 g/mol. The van der Waals surface area contributed by atoms with Crippen molar-refractivity contribution >= 4 is 34.6 Å². The van der Waals surface area contributed by atoms with Crippen molar-refractivity contribution in [3.8, 4) is 5.75 Å². The lowest BCUT2D eigenvalue weighted by Crippen LogP contribution is -2.36. The minimum atomic E-state index is -0.651. The number of anilines is 5. The Bertz CT molecular complexity index is 1370. The molecule has 12 heteroatoms. The van der Waals surface area contributed by atoms with E-state index in [0.29, 0.717) is 73.7 Å². The molecule has 2 N–H and O–H groups in total. The number of hydrogen-bond donors (Lipinski definition) is 2. The fourth-order valence-corrected chi connectivity index (χ4v) is 4.61. The van der Waals surface area contributed by atoms with Crippen LogP contribution in [0.15, 0.2) is 55.4 Å². The minimum Gasteiger partial charge on any atom is -0.494 e. The highest BCUT2D eigenvalue weighted by Crippen LogP contribution is 2.40. The Kier molecular flexibility index (Phi) is 7.84. The van der Waals surface area contributed by atoms with Crippen molar-refractivity contribution in [3.63, 3.8) is 0 Å². The van der Waals surface area contributed by atoms with Gasteiger partial charge in [0, 0.05) is 43.3 Å². The van der Waals surface area contributed by atoms with Gasteiger partial charge in [-0.25, -0.2) is 23.8 Å². The number of hydrogen-bond acceptors (Lipinski definition) is 9. The first kappa shape index (κ1) is 26.3. The maximum absolute atomic E-state index is 14.5. The molecule has 10 nitrogen and oxygen atoms in total. The van der Waals surface area contributed by atoms with Crippen LogP contribution in [-0.4, -0.2) is 55.9 Å². The van der Waals surface area contributed by atoms with Crippen LogP contribution in [-0.2, 0) is 14.4 Å². The molecular weight excluding hydrogens is 510 g/mol. The summed E-state index contributed by atoms with van der Waals surface area (Å²) >= 11 is 0. The summed E-state index contributed by atoms with van der Waals surface area (Å²) in [5.41, 5.74) is 2.20. The second kappa shape index (κ2) is 11.6. The average Bonchev–Trinajstić information content (AvgIpc) is 3.43. The standard InChI is InChI=1S/C27H28F2N6O4/c1-3-27(36)33-20-13-21(24(37-2)14-23(20)34-7-10-38-11-8-34)32-25-15-26(31-16-30-25)35-22(6-9-39-35)18-5-4-17(28)12-19(18)29/h3-5,12-16,22H,1,6-11H2,2H3,(H,33,36)(H,30,31,32)/t22-/m1/s1. The molecule has 0 aliphatic carbocycles. The predicted molar refractivity (Wildman–Crippen MR) is 142 cm³/mol. The molecule has 2 aliphatic heterocycles. The number of nitrogens with zero attached hydrogens (tertiary/aromatic N) is 4. The van der Waals surface area contributed by atoms with Gasteiger partial charge in [0.25, 0.3) is 0 Å². The first-order chi connectivity index (χ1) is 19.0. The van der Waals surface area contributed by atoms with Crippen molar-refractivity contribution < 1.29 is 27.9 Å². The van der Waals surface area contributed by atoms with Crippen LogP contribution in [0.25, 0.3) is 0 Å². The number of hydroxylamine groups is 1. The van der Waals surface area contributed by atoms with E-state index in [-0.39, 0.29) is 5.91 Å². The summed E-state index contributed by atoms with van der Waals surface area (Å²) in [7, 11) is 1.55. The molecule has 39 heavy (non-hydrogen) atoms. The zero-order valence-electron chi connectivity index (χ0n) is 21.3. The van der Waals surface area contributed by atoms with Crippen LogP contribution >= 0.6 is 0 Å². The number of rotatable bonds is 8. The van der Waals surface area contributed by atoms with E-state index < -0.39 is 17.7 Å². The van der Waals surface area contributed by atoms with Gasteiger partial charge in [-0.2, -0.15) is 0 Å².